The van der Waals surface area contributed by atoms with Crippen LogP contribution in [0.4, 0.5) is 0 Å². The Morgan fingerprint density at radius 1 is 1.33 bits per heavy atom. The molecule has 18 heavy (non-hydrogen) atoms. The Labute approximate surface area is 107 Å². The maximum atomic E-state index is 11.6. The zero-order chi connectivity index (χ0) is 12.8. The number of ether oxygens (including phenoxy) is 2. The molecule has 4 heteroatoms. The summed E-state index contributed by atoms with van der Waals surface area (Å²) >= 11 is 0. The first kappa shape index (κ1) is 12.7. The lowest BCUT2D eigenvalue weighted by Gasteiger charge is -2.24. The summed E-state index contributed by atoms with van der Waals surface area (Å²) in [4.78, 5) is 11.6. The van der Waals surface area contributed by atoms with Crippen molar-refractivity contribution in [3.8, 4) is 11.5 Å². The van der Waals surface area contributed by atoms with E-state index in [-0.39, 0.29) is 11.8 Å². The van der Waals surface area contributed by atoms with Crippen molar-refractivity contribution < 1.29 is 14.3 Å². The molecule has 4 nitrogen and oxygen atoms in total. The standard InChI is InChI=1S/C14H19NO3/c1-17-12-7-2-3-8-13(12)18-10-9-15-14(16)11-5-4-6-11/h2-3,7-8,11H,4-6,9-10H2,1H3,(H,15,16). The van der Waals surface area contributed by atoms with Gasteiger partial charge in [0.15, 0.2) is 11.5 Å². The molecule has 1 N–H and O–H groups in total. The predicted octanol–water partition coefficient (Wildman–Crippen LogP) is 1.99. The zero-order valence-electron chi connectivity index (χ0n) is 10.6. The van der Waals surface area contributed by atoms with E-state index in [1.807, 2.05) is 24.3 Å². The molecule has 0 unspecified atom stereocenters. The third-order valence-corrected chi connectivity index (χ3v) is 3.20. The SMILES string of the molecule is COc1ccccc1OCCNC(=O)C1CCC1. The summed E-state index contributed by atoms with van der Waals surface area (Å²) in [6.45, 7) is 0.992. The molecule has 0 spiro atoms. The fraction of sp³-hybridized carbons (Fsp3) is 0.500. The Kier molecular flexibility index (Phi) is 4.45. The van der Waals surface area contributed by atoms with Crippen LogP contribution < -0.4 is 14.8 Å². The van der Waals surface area contributed by atoms with Crippen LogP contribution in [0.25, 0.3) is 0 Å². The van der Waals surface area contributed by atoms with Gasteiger partial charge in [0.05, 0.1) is 13.7 Å². The Morgan fingerprint density at radius 2 is 2.06 bits per heavy atom. The molecule has 2 rings (SSSR count). The van der Waals surface area contributed by atoms with E-state index in [4.69, 9.17) is 9.47 Å². The average Bonchev–Trinajstić information content (AvgIpc) is 2.33. The van der Waals surface area contributed by atoms with Crippen LogP contribution in [0.2, 0.25) is 0 Å². The van der Waals surface area contributed by atoms with Crippen LogP contribution in [0, 0.1) is 5.92 Å². The molecule has 0 atom stereocenters. The molecule has 1 aromatic rings. The second kappa shape index (κ2) is 6.28. The van der Waals surface area contributed by atoms with Crippen molar-refractivity contribution in [2.75, 3.05) is 20.3 Å². The van der Waals surface area contributed by atoms with Gasteiger partial charge in [0.25, 0.3) is 0 Å². The number of hydrogen-bond acceptors (Lipinski definition) is 3. The third-order valence-electron chi connectivity index (χ3n) is 3.20. The van der Waals surface area contributed by atoms with Crippen molar-refractivity contribution >= 4 is 5.91 Å². The molecule has 98 valence electrons. The van der Waals surface area contributed by atoms with E-state index in [9.17, 15) is 4.79 Å². The minimum absolute atomic E-state index is 0.157. The molecule has 1 fully saturated rings. The summed E-state index contributed by atoms with van der Waals surface area (Å²) in [6, 6.07) is 7.49. The number of methoxy groups -OCH3 is 1. The maximum absolute atomic E-state index is 11.6. The van der Waals surface area contributed by atoms with Gasteiger partial charge in [-0.25, -0.2) is 0 Å². The van der Waals surface area contributed by atoms with Gasteiger partial charge in [0.2, 0.25) is 5.91 Å². The summed E-state index contributed by atoms with van der Waals surface area (Å²) < 4.78 is 10.7. The third kappa shape index (κ3) is 3.15. The van der Waals surface area contributed by atoms with E-state index < -0.39 is 0 Å². The highest BCUT2D eigenvalue weighted by Crippen LogP contribution is 2.26. The second-order valence-corrected chi connectivity index (χ2v) is 4.42. The molecule has 1 saturated carbocycles. The molecule has 0 aromatic heterocycles. The van der Waals surface area contributed by atoms with Gasteiger partial charge >= 0.3 is 0 Å². The van der Waals surface area contributed by atoms with Crippen molar-refractivity contribution in [2.24, 2.45) is 5.92 Å². The number of nitrogens with one attached hydrogen (secondary N) is 1. The second-order valence-electron chi connectivity index (χ2n) is 4.42. The summed E-state index contributed by atoms with van der Waals surface area (Å²) in [7, 11) is 1.61. The van der Waals surface area contributed by atoms with E-state index in [1.54, 1.807) is 7.11 Å². The molecule has 0 bridgehead atoms. The van der Waals surface area contributed by atoms with Crippen LogP contribution in [0.3, 0.4) is 0 Å². The molecule has 1 amide bonds. The molecular weight excluding hydrogens is 230 g/mol. The first-order valence-corrected chi connectivity index (χ1v) is 6.35. The maximum Gasteiger partial charge on any atom is 0.223 e. The summed E-state index contributed by atoms with van der Waals surface area (Å²) in [6.07, 6.45) is 3.23. The number of benzene rings is 1. The lowest BCUT2D eigenvalue weighted by atomic mass is 9.85. The van der Waals surface area contributed by atoms with Crippen molar-refractivity contribution in [3.63, 3.8) is 0 Å². The van der Waals surface area contributed by atoms with E-state index in [0.29, 0.717) is 24.7 Å². The average molecular weight is 249 g/mol. The molecule has 1 aromatic carbocycles. The minimum atomic E-state index is 0.157. The highest BCUT2D eigenvalue weighted by Gasteiger charge is 2.24. The first-order valence-electron chi connectivity index (χ1n) is 6.35. The normalized spacial score (nSPS) is 14.7. The largest absolute Gasteiger partial charge is 0.493 e. The zero-order valence-corrected chi connectivity index (χ0v) is 10.6. The quantitative estimate of drug-likeness (QED) is 0.784. The van der Waals surface area contributed by atoms with Crippen molar-refractivity contribution in [1.82, 2.24) is 5.32 Å². The van der Waals surface area contributed by atoms with E-state index in [2.05, 4.69) is 5.32 Å². The van der Waals surface area contributed by atoms with Gasteiger partial charge in [-0.3, -0.25) is 4.79 Å². The smallest absolute Gasteiger partial charge is 0.223 e. The van der Waals surface area contributed by atoms with Crippen molar-refractivity contribution in [1.29, 1.82) is 0 Å². The van der Waals surface area contributed by atoms with E-state index in [1.165, 1.54) is 6.42 Å². The van der Waals surface area contributed by atoms with Crippen LogP contribution in [-0.4, -0.2) is 26.2 Å². The number of rotatable bonds is 6. The lowest BCUT2D eigenvalue weighted by Crippen LogP contribution is -2.36. The topological polar surface area (TPSA) is 47.6 Å². The molecule has 0 heterocycles. The highest BCUT2D eigenvalue weighted by molar-refractivity contribution is 5.79. The van der Waals surface area contributed by atoms with E-state index in [0.717, 1.165) is 12.8 Å². The van der Waals surface area contributed by atoms with Gasteiger partial charge in [-0.1, -0.05) is 18.6 Å². The van der Waals surface area contributed by atoms with Crippen LogP contribution in [0.5, 0.6) is 11.5 Å². The van der Waals surface area contributed by atoms with Gasteiger partial charge in [-0.05, 0) is 25.0 Å². The Morgan fingerprint density at radius 3 is 2.67 bits per heavy atom. The molecule has 1 aliphatic rings. The van der Waals surface area contributed by atoms with Crippen LogP contribution >= 0.6 is 0 Å². The van der Waals surface area contributed by atoms with Crippen molar-refractivity contribution in [3.05, 3.63) is 24.3 Å². The highest BCUT2D eigenvalue weighted by atomic mass is 16.5. The number of carbonyl (C=O) groups is 1. The summed E-state index contributed by atoms with van der Waals surface area (Å²) in [5.41, 5.74) is 0. The van der Waals surface area contributed by atoms with Gasteiger partial charge in [-0.2, -0.15) is 0 Å². The monoisotopic (exact) mass is 249 g/mol. The Bertz CT molecular complexity index is 402. The molecular formula is C14H19NO3. The van der Waals surface area contributed by atoms with Gasteiger partial charge in [-0.15, -0.1) is 0 Å². The molecule has 0 saturated heterocycles. The molecule has 0 radical (unpaired) electrons. The van der Waals surface area contributed by atoms with Gasteiger partial charge in [0.1, 0.15) is 6.61 Å². The van der Waals surface area contributed by atoms with Crippen molar-refractivity contribution in [2.45, 2.75) is 19.3 Å². The van der Waals surface area contributed by atoms with Gasteiger partial charge < -0.3 is 14.8 Å². The van der Waals surface area contributed by atoms with Gasteiger partial charge in [0, 0.05) is 5.92 Å². The number of amides is 1. The Hall–Kier alpha value is -1.71. The number of hydrogen-bond donors (Lipinski definition) is 1. The fourth-order valence-corrected chi connectivity index (χ4v) is 1.89. The molecule has 0 aliphatic heterocycles. The predicted molar refractivity (Wildman–Crippen MR) is 68.8 cm³/mol. The first-order chi connectivity index (χ1) is 8.81. The number of para-hydroxylation sites is 2. The Balaban J connectivity index is 1.69. The number of carbonyl (C=O) groups excluding carboxylic acids is 1. The summed E-state index contributed by atoms with van der Waals surface area (Å²) in [5, 5.41) is 2.89. The lowest BCUT2D eigenvalue weighted by molar-refractivity contribution is -0.127. The van der Waals surface area contributed by atoms with E-state index >= 15 is 0 Å². The van der Waals surface area contributed by atoms with Crippen LogP contribution in [0.15, 0.2) is 24.3 Å². The van der Waals surface area contributed by atoms with Crippen LogP contribution in [0.1, 0.15) is 19.3 Å². The minimum Gasteiger partial charge on any atom is -0.493 e. The summed E-state index contributed by atoms with van der Waals surface area (Å²) in [5.74, 6) is 1.81. The fourth-order valence-electron chi connectivity index (χ4n) is 1.89. The molecule has 1 aliphatic carbocycles. The van der Waals surface area contributed by atoms with Crippen LogP contribution in [-0.2, 0) is 4.79 Å².